The van der Waals surface area contributed by atoms with Crippen molar-refractivity contribution >= 4 is 34.4 Å². The number of fused-ring (bicyclic) bond motifs is 1. The van der Waals surface area contributed by atoms with E-state index in [2.05, 4.69) is 10.3 Å². The minimum atomic E-state index is -1.28. The smallest absolute Gasteiger partial charge is 0.306 e. The predicted molar refractivity (Wildman–Crippen MR) is 119 cm³/mol. The van der Waals surface area contributed by atoms with E-state index in [9.17, 15) is 24.5 Å². The Labute approximate surface area is 188 Å². The lowest BCUT2D eigenvalue weighted by Crippen LogP contribution is -2.48. The first-order valence-corrected chi connectivity index (χ1v) is 10.2. The molecule has 0 aliphatic rings. The molecule has 2 atom stereocenters. The Morgan fingerprint density at radius 1 is 1.12 bits per heavy atom. The fourth-order valence-electron chi connectivity index (χ4n) is 3.55. The zero-order valence-electron chi connectivity index (χ0n) is 17.8. The molecule has 3 rings (SSSR count). The Morgan fingerprint density at radius 2 is 1.82 bits per heavy atom. The normalized spacial score (nSPS) is 12.5. The summed E-state index contributed by atoms with van der Waals surface area (Å²) in [6.45, 7) is 1.77. The van der Waals surface area contributed by atoms with Crippen LogP contribution in [0.4, 0.5) is 5.69 Å². The molecule has 0 aliphatic heterocycles. The van der Waals surface area contributed by atoms with Crippen molar-refractivity contribution in [3.63, 3.8) is 0 Å². The summed E-state index contributed by atoms with van der Waals surface area (Å²) in [6, 6.07) is 12.6. The van der Waals surface area contributed by atoms with Crippen LogP contribution in [0.5, 0.6) is 0 Å². The lowest BCUT2D eigenvalue weighted by Gasteiger charge is -2.26. The number of amides is 2. The van der Waals surface area contributed by atoms with Gasteiger partial charge in [-0.25, -0.2) is 0 Å². The molecule has 170 valence electrons. The number of hydrogen-bond acceptors (Lipinski definition) is 7. The van der Waals surface area contributed by atoms with Gasteiger partial charge in [-0.1, -0.05) is 30.3 Å². The second-order valence-corrected chi connectivity index (χ2v) is 7.19. The molecule has 0 saturated carbocycles. The van der Waals surface area contributed by atoms with Crippen molar-refractivity contribution in [2.75, 3.05) is 6.61 Å². The number of nitrogens with two attached hydrogens (primary N) is 1. The van der Waals surface area contributed by atoms with Crippen molar-refractivity contribution in [1.29, 1.82) is 0 Å². The van der Waals surface area contributed by atoms with Gasteiger partial charge in [0, 0.05) is 29.6 Å². The van der Waals surface area contributed by atoms with Gasteiger partial charge in [-0.2, -0.15) is 0 Å². The summed E-state index contributed by atoms with van der Waals surface area (Å²) in [5.74, 6) is -2.95. The molecule has 1 aromatic heterocycles. The summed E-state index contributed by atoms with van der Waals surface area (Å²) in [6.07, 6.45) is 1.21. The average molecular weight is 450 g/mol. The van der Waals surface area contributed by atoms with Gasteiger partial charge in [0.05, 0.1) is 29.0 Å². The highest BCUT2D eigenvalue weighted by atomic mass is 16.6. The molecule has 0 saturated heterocycles. The van der Waals surface area contributed by atoms with Gasteiger partial charge in [0.25, 0.3) is 11.6 Å². The van der Waals surface area contributed by atoms with E-state index >= 15 is 0 Å². The van der Waals surface area contributed by atoms with E-state index in [0.717, 1.165) is 0 Å². The standard InChI is InChI=1S/C23H22N4O6/c1-2-33-20(28)13-18(14-7-9-15(10-8-14)27(31)32)21(22(24)29)26-23(30)17-11-12-25-19-6-4-3-5-16(17)19/h3-12,18,21H,2,13H2,1H3,(H2,24,29)(H,26,30)/t18-,21+/m0/s1. The molecule has 3 N–H and O–H groups in total. The number of carbonyl (C=O) groups excluding carboxylic acids is 3. The van der Waals surface area contributed by atoms with Crippen molar-refractivity contribution in [3.8, 4) is 0 Å². The van der Waals surface area contributed by atoms with Gasteiger partial charge in [-0.3, -0.25) is 29.5 Å². The van der Waals surface area contributed by atoms with Crippen LogP contribution < -0.4 is 11.1 Å². The quantitative estimate of drug-likeness (QED) is 0.288. The number of benzene rings is 2. The average Bonchev–Trinajstić information content (AvgIpc) is 2.80. The molecule has 2 amide bonds. The zero-order chi connectivity index (χ0) is 24.0. The molecule has 33 heavy (non-hydrogen) atoms. The summed E-state index contributed by atoms with van der Waals surface area (Å²) in [4.78, 5) is 52.4. The van der Waals surface area contributed by atoms with Gasteiger partial charge < -0.3 is 15.8 Å². The Bertz CT molecular complexity index is 1190. The van der Waals surface area contributed by atoms with Crippen LogP contribution in [0.15, 0.2) is 60.8 Å². The van der Waals surface area contributed by atoms with Crippen molar-refractivity contribution in [3.05, 3.63) is 82.0 Å². The second kappa shape index (κ2) is 10.3. The highest BCUT2D eigenvalue weighted by Crippen LogP contribution is 2.27. The van der Waals surface area contributed by atoms with Gasteiger partial charge in [-0.15, -0.1) is 0 Å². The van der Waals surface area contributed by atoms with Gasteiger partial charge in [0.15, 0.2) is 0 Å². The number of nitro benzene ring substituents is 1. The van der Waals surface area contributed by atoms with Crippen LogP contribution in [0.2, 0.25) is 0 Å². The Morgan fingerprint density at radius 3 is 2.45 bits per heavy atom. The maximum Gasteiger partial charge on any atom is 0.306 e. The number of hydrogen-bond donors (Lipinski definition) is 2. The van der Waals surface area contributed by atoms with Crippen molar-refractivity contribution in [1.82, 2.24) is 10.3 Å². The van der Waals surface area contributed by atoms with E-state index < -0.39 is 34.7 Å². The predicted octanol–water partition coefficient (Wildman–Crippen LogP) is 2.46. The zero-order valence-corrected chi connectivity index (χ0v) is 17.8. The first-order valence-electron chi connectivity index (χ1n) is 10.2. The number of nitrogens with one attached hydrogen (secondary N) is 1. The number of primary amides is 1. The van der Waals surface area contributed by atoms with E-state index in [1.165, 1.54) is 36.5 Å². The third kappa shape index (κ3) is 5.48. The molecule has 2 aromatic carbocycles. The maximum atomic E-state index is 13.1. The van der Waals surface area contributed by atoms with Gasteiger partial charge in [-0.05, 0) is 24.6 Å². The van der Waals surface area contributed by atoms with Crippen LogP contribution >= 0.6 is 0 Å². The van der Waals surface area contributed by atoms with E-state index in [1.54, 1.807) is 31.2 Å². The molecular weight excluding hydrogens is 428 g/mol. The highest BCUT2D eigenvalue weighted by molar-refractivity contribution is 6.07. The van der Waals surface area contributed by atoms with Crippen LogP contribution in [-0.4, -0.2) is 40.3 Å². The van der Waals surface area contributed by atoms with E-state index in [0.29, 0.717) is 16.5 Å². The molecule has 0 fully saturated rings. The Kier molecular flexibility index (Phi) is 7.29. The number of esters is 1. The topological polar surface area (TPSA) is 155 Å². The van der Waals surface area contributed by atoms with Crippen molar-refractivity contribution in [2.45, 2.75) is 25.3 Å². The molecule has 10 nitrogen and oxygen atoms in total. The third-order valence-corrected chi connectivity index (χ3v) is 5.11. The minimum absolute atomic E-state index is 0.127. The SMILES string of the molecule is CCOC(=O)C[C@@H](c1ccc([N+](=O)[O-])cc1)[C@@H](NC(=O)c1ccnc2ccccc12)C(N)=O. The summed E-state index contributed by atoms with van der Waals surface area (Å²) in [5, 5.41) is 14.2. The molecular formula is C23H22N4O6. The summed E-state index contributed by atoms with van der Waals surface area (Å²) >= 11 is 0. The lowest BCUT2D eigenvalue weighted by atomic mass is 9.87. The van der Waals surface area contributed by atoms with Crippen molar-refractivity contribution < 1.29 is 24.0 Å². The first kappa shape index (κ1) is 23.3. The lowest BCUT2D eigenvalue weighted by molar-refractivity contribution is -0.384. The highest BCUT2D eigenvalue weighted by Gasteiger charge is 2.33. The largest absolute Gasteiger partial charge is 0.466 e. The van der Waals surface area contributed by atoms with Crippen LogP contribution in [0, 0.1) is 10.1 Å². The number of nitro groups is 1. The molecule has 0 unspecified atom stereocenters. The van der Waals surface area contributed by atoms with Crippen LogP contribution in [0.25, 0.3) is 10.9 Å². The number of nitrogens with zero attached hydrogens (tertiary/aromatic N) is 2. The maximum absolute atomic E-state index is 13.1. The number of non-ortho nitro benzene ring substituents is 1. The minimum Gasteiger partial charge on any atom is -0.466 e. The number of para-hydroxylation sites is 1. The number of pyridine rings is 1. The Hall–Kier alpha value is -4.34. The number of aromatic nitrogens is 1. The first-order chi connectivity index (χ1) is 15.8. The molecule has 3 aromatic rings. The molecule has 1 heterocycles. The van der Waals surface area contributed by atoms with E-state index in [4.69, 9.17) is 10.5 Å². The van der Waals surface area contributed by atoms with Gasteiger partial charge in [0.1, 0.15) is 6.04 Å². The monoisotopic (exact) mass is 450 g/mol. The van der Waals surface area contributed by atoms with Crippen LogP contribution in [-0.2, 0) is 14.3 Å². The molecule has 0 radical (unpaired) electrons. The van der Waals surface area contributed by atoms with E-state index in [-0.39, 0.29) is 24.3 Å². The number of rotatable bonds is 9. The fourth-order valence-corrected chi connectivity index (χ4v) is 3.55. The molecule has 0 bridgehead atoms. The van der Waals surface area contributed by atoms with Crippen LogP contribution in [0.1, 0.15) is 35.2 Å². The summed E-state index contributed by atoms with van der Waals surface area (Å²) in [7, 11) is 0. The second-order valence-electron chi connectivity index (χ2n) is 7.19. The van der Waals surface area contributed by atoms with E-state index in [1.807, 2.05) is 0 Å². The number of carbonyl (C=O) groups is 3. The molecule has 10 heteroatoms. The fraction of sp³-hybridized carbons (Fsp3) is 0.217. The Balaban J connectivity index is 1.97. The molecule has 0 spiro atoms. The van der Waals surface area contributed by atoms with Crippen LogP contribution in [0.3, 0.4) is 0 Å². The summed E-state index contributed by atoms with van der Waals surface area (Å²) < 4.78 is 5.01. The van der Waals surface area contributed by atoms with Crippen molar-refractivity contribution in [2.24, 2.45) is 5.73 Å². The van der Waals surface area contributed by atoms with Gasteiger partial charge >= 0.3 is 5.97 Å². The van der Waals surface area contributed by atoms with Gasteiger partial charge in [0.2, 0.25) is 5.91 Å². The number of ether oxygens (including phenoxy) is 1. The summed E-state index contributed by atoms with van der Waals surface area (Å²) in [5.41, 5.74) is 6.75. The third-order valence-electron chi connectivity index (χ3n) is 5.11. The molecule has 0 aliphatic carbocycles.